The second-order valence-corrected chi connectivity index (χ2v) is 6.15. The summed E-state index contributed by atoms with van der Waals surface area (Å²) in [4.78, 5) is 9.93. The number of nitro benzene ring substituents is 1. The van der Waals surface area contributed by atoms with Crippen molar-refractivity contribution in [3.8, 4) is 6.07 Å². The van der Waals surface area contributed by atoms with Crippen molar-refractivity contribution in [2.45, 2.75) is 31.2 Å². The first-order valence-electron chi connectivity index (χ1n) is 5.30. The van der Waals surface area contributed by atoms with Gasteiger partial charge in [0.2, 0.25) is 10.0 Å². The van der Waals surface area contributed by atoms with Gasteiger partial charge in [0.05, 0.1) is 15.9 Å². The summed E-state index contributed by atoms with van der Waals surface area (Å²) in [6.07, 6.45) is 0. The van der Waals surface area contributed by atoms with E-state index in [2.05, 4.69) is 4.72 Å². The summed E-state index contributed by atoms with van der Waals surface area (Å²) < 4.78 is 26.4. The van der Waals surface area contributed by atoms with Crippen LogP contribution >= 0.6 is 0 Å². The molecule has 0 spiro atoms. The van der Waals surface area contributed by atoms with Crippen LogP contribution in [0, 0.1) is 28.4 Å². The first kappa shape index (κ1) is 15.1. The number of sulfonamides is 1. The van der Waals surface area contributed by atoms with E-state index in [4.69, 9.17) is 5.26 Å². The summed E-state index contributed by atoms with van der Waals surface area (Å²) >= 11 is 0. The van der Waals surface area contributed by atoms with Crippen molar-refractivity contribution < 1.29 is 13.3 Å². The molecule has 1 N–H and O–H groups in total. The Bertz CT molecular complexity index is 659. The smallest absolute Gasteiger partial charge is 0.258 e. The van der Waals surface area contributed by atoms with Gasteiger partial charge in [0.15, 0.2) is 0 Å². The number of nitrogens with zero attached hydrogens (tertiary/aromatic N) is 2. The molecule has 0 saturated carbocycles. The van der Waals surface area contributed by atoms with Crippen molar-refractivity contribution in [2.24, 2.45) is 0 Å². The van der Waals surface area contributed by atoms with E-state index in [0.717, 1.165) is 0 Å². The molecule has 0 fully saturated rings. The maximum absolute atomic E-state index is 12.1. The Morgan fingerprint density at radius 3 is 2.47 bits per heavy atom. The van der Waals surface area contributed by atoms with Gasteiger partial charge in [-0.3, -0.25) is 10.1 Å². The second kappa shape index (κ2) is 4.95. The molecule has 102 valence electrons. The Morgan fingerprint density at radius 1 is 1.42 bits per heavy atom. The van der Waals surface area contributed by atoms with Crippen molar-refractivity contribution >= 4 is 15.7 Å². The molecule has 1 rings (SSSR count). The number of nitrogens with one attached hydrogen (secondary N) is 1. The van der Waals surface area contributed by atoms with E-state index in [1.807, 2.05) is 0 Å². The minimum Gasteiger partial charge on any atom is -0.258 e. The third kappa shape index (κ3) is 3.27. The first-order chi connectivity index (χ1) is 8.60. The minimum absolute atomic E-state index is 0.0359. The highest BCUT2D eigenvalue weighted by Gasteiger charge is 2.29. The van der Waals surface area contributed by atoms with Crippen molar-refractivity contribution in [3.63, 3.8) is 0 Å². The van der Waals surface area contributed by atoms with Crippen molar-refractivity contribution in [3.05, 3.63) is 33.9 Å². The second-order valence-electron chi connectivity index (χ2n) is 4.50. The van der Waals surface area contributed by atoms with Gasteiger partial charge < -0.3 is 0 Å². The molecule has 1 aromatic rings. The van der Waals surface area contributed by atoms with Crippen LogP contribution in [0.3, 0.4) is 0 Å². The van der Waals surface area contributed by atoms with Crippen molar-refractivity contribution in [2.75, 3.05) is 0 Å². The van der Waals surface area contributed by atoms with Gasteiger partial charge in [0.1, 0.15) is 5.54 Å². The van der Waals surface area contributed by atoms with Gasteiger partial charge in [-0.1, -0.05) is 6.07 Å². The van der Waals surface area contributed by atoms with E-state index in [-0.39, 0.29) is 16.1 Å². The van der Waals surface area contributed by atoms with Crippen LogP contribution in [0.2, 0.25) is 0 Å². The zero-order valence-electron chi connectivity index (χ0n) is 10.7. The van der Waals surface area contributed by atoms with Crippen molar-refractivity contribution in [1.82, 2.24) is 4.72 Å². The van der Waals surface area contributed by atoms with Gasteiger partial charge in [-0.2, -0.15) is 9.98 Å². The fourth-order valence-electron chi connectivity index (χ4n) is 1.51. The molecule has 8 heteroatoms. The number of hydrogen-bond donors (Lipinski definition) is 1. The Kier molecular flexibility index (Phi) is 3.93. The lowest BCUT2D eigenvalue weighted by atomic mass is 10.1. The van der Waals surface area contributed by atoms with Crippen LogP contribution < -0.4 is 4.72 Å². The average molecular weight is 283 g/mol. The third-order valence-electron chi connectivity index (χ3n) is 2.41. The molecule has 0 atom stereocenters. The molecule has 0 saturated heterocycles. The summed E-state index contributed by atoms with van der Waals surface area (Å²) in [6, 6.07) is 5.58. The molecule has 0 radical (unpaired) electrons. The van der Waals surface area contributed by atoms with E-state index in [1.165, 1.54) is 39.0 Å². The highest BCUT2D eigenvalue weighted by atomic mass is 32.2. The third-order valence-corrected chi connectivity index (χ3v) is 4.21. The van der Waals surface area contributed by atoms with E-state index in [1.54, 1.807) is 6.07 Å². The Hall–Kier alpha value is -1.98. The minimum atomic E-state index is -3.99. The fraction of sp³-hybridized carbons (Fsp3) is 0.364. The van der Waals surface area contributed by atoms with Crippen LogP contribution in [0.25, 0.3) is 0 Å². The van der Waals surface area contributed by atoms with Crippen LogP contribution in [0.1, 0.15) is 19.4 Å². The van der Waals surface area contributed by atoms with E-state index >= 15 is 0 Å². The number of nitriles is 1. The first-order valence-corrected chi connectivity index (χ1v) is 6.78. The van der Waals surface area contributed by atoms with Crippen LogP contribution in [-0.4, -0.2) is 18.9 Å². The largest absolute Gasteiger partial charge is 0.273 e. The topological polar surface area (TPSA) is 113 Å². The number of rotatable bonds is 4. The van der Waals surface area contributed by atoms with Gasteiger partial charge in [0.25, 0.3) is 5.69 Å². The quantitative estimate of drug-likeness (QED) is 0.664. The predicted octanol–water partition coefficient (Wildman–Crippen LogP) is 1.48. The highest BCUT2D eigenvalue weighted by Crippen LogP contribution is 2.25. The molecule has 0 aliphatic heterocycles. The maximum atomic E-state index is 12.1. The maximum Gasteiger partial charge on any atom is 0.273 e. The lowest BCUT2D eigenvalue weighted by Crippen LogP contribution is -2.42. The van der Waals surface area contributed by atoms with Gasteiger partial charge >= 0.3 is 0 Å². The fourth-order valence-corrected chi connectivity index (χ4v) is 3.10. The summed E-state index contributed by atoms with van der Waals surface area (Å²) in [5.41, 5.74) is -1.54. The van der Waals surface area contributed by atoms with Crippen molar-refractivity contribution in [1.29, 1.82) is 5.26 Å². The summed E-state index contributed by atoms with van der Waals surface area (Å²) in [5.74, 6) is 0. The number of hydrogen-bond acceptors (Lipinski definition) is 5. The molecule has 0 aliphatic rings. The van der Waals surface area contributed by atoms with E-state index in [0.29, 0.717) is 0 Å². The average Bonchev–Trinajstić information content (AvgIpc) is 2.27. The predicted molar refractivity (Wildman–Crippen MR) is 67.8 cm³/mol. The zero-order valence-corrected chi connectivity index (χ0v) is 11.5. The Morgan fingerprint density at radius 2 is 2.00 bits per heavy atom. The lowest BCUT2D eigenvalue weighted by molar-refractivity contribution is -0.385. The Balaban J connectivity index is 3.36. The number of nitro groups is 1. The molecule has 0 heterocycles. The van der Waals surface area contributed by atoms with Gasteiger partial charge in [-0.05, 0) is 26.8 Å². The molecule has 1 aromatic carbocycles. The summed E-state index contributed by atoms with van der Waals surface area (Å²) in [6.45, 7) is 4.15. The molecule has 0 amide bonds. The molecule has 0 aliphatic carbocycles. The molecule has 0 bridgehead atoms. The van der Waals surface area contributed by atoms with Crippen LogP contribution in [0.5, 0.6) is 0 Å². The number of benzene rings is 1. The molecule has 0 unspecified atom stereocenters. The lowest BCUT2D eigenvalue weighted by Gasteiger charge is -2.18. The van der Waals surface area contributed by atoms with Crippen LogP contribution in [0.4, 0.5) is 5.69 Å². The highest BCUT2D eigenvalue weighted by molar-refractivity contribution is 7.89. The zero-order chi connectivity index (χ0) is 14.8. The molecule has 0 aromatic heterocycles. The normalized spacial score (nSPS) is 11.9. The summed E-state index contributed by atoms with van der Waals surface area (Å²) in [5, 5.41) is 19.6. The molecule has 7 nitrogen and oxygen atoms in total. The van der Waals surface area contributed by atoms with Gasteiger partial charge in [-0.15, -0.1) is 0 Å². The van der Waals surface area contributed by atoms with E-state index < -0.39 is 20.5 Å². The van der Waals surface area contributed by atoms with Gasteiger partial charge in [0, 0.05) is 11.6 Å². The summed E-state index contributed by atoms with van der Waals surface area (Å²) in [7, 11) is -3.99. The SMILES string of the molecule is Cc1c([N+](=O)[O-])cccc1S(=O)(=O)NC(C)(C)C#N. The standard InChI is InChI=1S/C11H13N3O4S/c1-8-9(14(15)16)5-4-6-10(8)19(17,18)13-11(2,3)7-12/h4-6,13H,1-3H3. The van der Waals surface area contributed by atoms with Gasteiger partial charge in [-0.25, -0.2) is 8.42 Å². The molecule has 19 heavy (non-hydrogen) atoms. The van der Waals surface area contributed by atoms with E-state index in [9.17, 15) is 18.5 Å². The molecular formula is C11H13N3O4S. The monoisotopic (exact) mass is 283 g/mol. The molecular weight excluding hydrogens is 270 g/mol. The van der Waals surface area contributed by atoms with Crippen LogP contribution in [0.15, 0.2) is 23.1 Å². The van der Waals surface area contributed by atoms with Crippen LogP contribution in [-0.2, 0) is 10.0 Å². The Labute approximate surface area is 111 Å².